The third kappa shape index (κ3) is 51.5. The molecule has 0 saturated heterocycles. The molecule has 10 heteroatoms. The molecule has 65 heavy (non-hydrogen) atoms. The maximum atomic E-state index is 12.6. The van der Waals surface area contributed by atoms with Gasteiger partial charge < -0.3 is 20.1 Å². The number of carbonyl (C=O) groups excluding carboxylic acids is 2. The smallest absolute Gasteiger partial charge is 0.462 e. The monoisotopic (exact) mass is 938 g/mol. The number of ether oxygens (including phenoxy) is 2. The number of unbranched alkanes of at least 4 members (excludes halogenated alkanes) is 33. The lowest BCUT2D eigenvalue weighted by Gasteiger charge is -2.19. The molecular formula is C55H104NO8P. The summed E-state index contributed by atoms with van der Waals surface area (Å²) >= 11 is 0. The average molecular weight is 938 g/mol. The Bertz CT molecular complexity index is 1160. The van der Waals surface area contributed by atoms with E-state index < -0.39 is 32.5 Å². The van der Waals surface area contributed by atoms with E-state index in [0.717, 1.165) is 57.8 Å². The second-order valence-electron chi connectivity index (χ2n) is 18.5. The Balaban J connectivity index is 3.62. The molecule has 0 aliphatic rings. The number of carbonyl (C=O) groups is 2. The molecule has 382 valence electrons. The Morgan fingerprint density at radius 2 is 0.800 bits per heavy atom. The normalized spacial score (nSPS) is 13.4. The molecule has 0 aliphatic carbocycles. The Morgan fingerprint density at radius 3 is 1.18 bits per heavy atom. The zero-order valence-electron chi connectivity index (χ0n) is 42.5. The van der Waals surface area contributed by atoms with Gasteiger partial charge in [-0.2, -0.15) is 0 Å². The van der Waals surface area contributed by atoms with Crippen molar-refractivity contribution in [1.82, 2.24) is 0 Å². The van der Waals surface area contributed by atoms with Crippen LogP contribution >= 0.6 is 7.82 Å². The van der Waals surface area contributed by atoms with Crippen molar-refractivity contribution in [1.29, 1.82) is 0 Å². The van der Waals surface area contributed by atoms with E-state index in [1.807, 2.05) is 0 Å². The van der Waals surface area contributed by atoms with Crippen LogP contribution in [0.5, 0.6) is 0 Å². The standard InChI is InChI=1S/C55H104NO8P/c1-3-5-7-9-10-11-12-13-14-15-16-17-18-19-20-21-22-23-24-25-26-27-28-29-30-31-32-33-34-35-36-37-38-39-40-41-42-44-46-48-55(58)64-53(52-63-65(59,60)62-50-49-56)51-61-54(57)47-45-43-8-6-4-2/h12-13,15-16,18-19,53H,3-11,14,17,20-52,56H2,1-2H3,(H,59,60)/b13-12-,16-15-,19-18-. The fourth-order valence-corrected chi connectivity index (χ4v) is 8.70. The zero-order chi connectivity index (χ0) is 47.4. The first kappa shape index (κ1) is 63.2. The number of hydrogen-bond donors (Lipinski definition) is 2. The summed E-state index contributed by atoms with van der Waals surface area (Å²) in [4.78, 5) is 34.6. The van der Waals surface area contributed by atoms with Gasteiger partial charge in [-0.25, -0.2) is 4.57 Å². The maximum absolute atomic E-state index is 12.6. The molecule has 0 saturated carbocycles. The number of phosphoric acid groups is 1. The second-order valence-corrected chi connectivity index (χ2v) is 19.9. The van der Waals surface area contributed by atoms with Crippen LogP contribution in [0, 0.1) is 0 Å². The van der Waals surface area contributed by atoms with Gasteiger partial charge in [-0.15, -0.1) is 0 Å². The molecule has 0 aliphatic heterocycles. The van der Waals surface area contributed by atoms with Gasteiger partial charge in [-0.3, -0.25) is 18.6 Å². The second kappa shape index (κ2) is 51.6. The van der Waals surface area contributed by atoms with Crippen molar-refractivity contribution in [3.63, 3.8) is 0 Å². The van der Waals surface area contributed by atoms with Gasteiger partial charge in [0.1, 0.15) is 6.61 Å². The quantitative estimate of drug-likeness (QED) is 0.0264. The molecule has 0 radical (unpaired) electrons. The summed E-state index contributed by atoms with van der Waals surface area (Å²) in [6.45, 7) is 3.65. The lowest BCUT2D eigenvalue weighted by atomic mass is 10.0. The van der Waals surface area contributed by atoms with E-state index in [-0.39, 0.29) is 32.6 Å². The highest BCUT2D eigenvalue weighted by Gasteiger charge is 2.26. The van der Waals surface area contributed by atoms with Crippen LogP contribution in [-0.2, 0) is 32.7 Å². The molecule has 3 N–H and O–H groups in total. The summed E-state index contributed by atoms with van der Waals surface area (Å²) in [6.07, 6.45) is 61.5. The van der Waals surface area contributed by atoms with Crippen LogP contribution in [0.25, 0.3) is 0 Å². The van der Waals surface area contributed by atoms with E-state index in [2.05, 4.69) is 50.3 Å². The van der Waals surface area contributed by atoms with Gasteiger partial charge in [0.2, 0.25) is 0 Å². The summed E-state index contributed by atoms with van der Waals surface area (Å²) in [7, 11) is -4.36. The van der Waals surface area contributed by atoms with Gasteiger partial charge in [0.05, 0.1) is 13.2 Å². The first-order valence-electron chi connectivity index (χ1n) is 27.5. The number of hydrogen-bond acceptors (Lipinski definition) is 8. The van der Waals surface area contributed by atoms with E-state index in [0.29, 0.717) is 6.42 Å². The van der Waals surface area contributed by atoms with Crippen LogP contribution in [0.3, 0.4) is 0 Å². The summed E-state index contributed by atoms with van der Waals surface area (Å²) in [5.41, 5.74) is 5.34. The van der Waals surface area contributed by atoms with Gasteiger partial charge >= 0.3 is 19.8 Å². The molecule has 2 atom stereocenters. The number of nitrogens with two attached hydrogens (primary N) is 1. The van der Waals surface area contributed by atoms with E-state index in [9.17, 15) is 19.0 Å². The predicted molar refractivity (Wildman–Crippen MR) is 275 cm³/mol. The lowest BCUT2D eigenvalue weighted by Crippen LogP contribution is -2.29. The molecule has 0 rings (SSSR count). The van der Waals surface area contributed by atoms with Crippen molar-refractivity contribution in [2.45, 2.75) is 277 Å². The Kier molecular flexibility index (Phi) is 50.2. The van der Waals surface area contributed by atoms with Gasteiger partial charge in [0, 0.05) is 19.4 Å². The van der Waals surface area contributed by atoms with Crippen molar-refractivity contribution in [2.75, 3.05) is 26.4 Å². The van der Waals surface area contributed by atoms with Crippen molar-refractivity contribution in [3.8, 4) is 0 Å². The maximum Gasteiger partial charge on any atom is 0.472 e. The van der Waals surface area contributed by atoms with Crippen LogP contribution in [0.4, 0.5) is 0 Å². The lowest BCUT2D eigenvalue weighted by molar-refractivity contribution is -0.161. The molecule has 0 heterocycles. The largest absolute Gasteiger partial charge is 0.472 e. The number of allylic oxidation sites excluding steroid dienone is 6. The van der Waals surface area contributed by atoms with Crippen LogP contribution < -0.4 is 5.73 Å². The van der Waals surface area contributed by atoms with Gasteiger partial charge in [-0.1, -0.05) is 243 Å². The van der Waals surface area contributed by atoms with Gasteiger partial charge in [0.25, 0.3) is 0 Å². The highest BCUT2D eigenvalue weighted by molar-refractivity contribution is 7.47. The molecule has 0 aromatic carbocycles. The van der Waals surface area contributed by atoms with Crippen LogP contribution in [0.15, 0.2) is 36.5 Å². The zero-order valence-corrected chi connectivity index (χ0v) is 43.4. The summed E-state index contributed by atoms with van der Waals surface area (Å²) < 4.78 is 32.6. The Morgan fingerprint density at radius 1 is 0.462 bits per heavy atom. The third-order valence-electron chi connectivity index (χ3n) is 12.0. The molecular weight excluding hydrogens is 834 g/mol. The van der Waals surface area contributed by atoms with E-state index in [4.69, 9.17) is 24.3 Å². The SMILES string of the molecule is CCCCCCC/C=C\C/C=C\C/C=C\CCCCCCCCCCCCCCCCCCCCCCCCCCC(=O)OC(COC(=O)CCCCCCC)COP(=O)(O)OCCN. The van der Waals surface area contributed by atoms with E-state index in [1.165, 1.54) is 180 Å². The molecule has 0 aromatic rings. The van der Waals surface area contributed by atoms with Crippen LogP contribution in [-0.4, -0.2) is 49.3 Å². The first-order chi connectivity index (χ1) is 31.8. The minimum atomic E-state index is -4.36. The molecule has 0 fully saturated rings. The average Bonchev–Trinajstić information content (AvgIpc) is 3.30. The molecule has 0 aromatic heterocycles. The van der Waals surface area contributed by atoms with Crippen molar-refractivity contribution >= 4 is 19.8 Å². The molecule has 2 unspecified atom stereocenters. The van der Waals surface area contributed by atoms with Gasteiger partial charge in [-0.05, 0) is 51.4 Å². The highest BCUT2D eigenvalue weighted by atomic mass is 31.2. The first-order valence-corrected chi connectivity index (χ1v) is 29.0. The van der Waals surface area contributed by atoms with Crippen molar-refractivity contribution in [3.05, 3.63) is 36.5 Å². The van der Waals surface area contributed by atoms with Crippen molar-refractivity contribution in [2.24, 2.45) is 5.73 Å². The number of esters is 2. The highest BCUT2D eigenvalue weighted by Crippen LogP contribution is 2.43. The summed E-state index contributed by atoms with van der Waals surface area (Å²) in [5.74, 6) is -0.832. The third-order valence-corrected chi connectivity index (χ3v) is 13.0. The minimum absolute atomic E-state index is 0.0556. The van der Waals surface area contributed by atoms with E-state index >= 15 is 0 Å². The van der Waals surface area contributed by atoms with Crippen LogP contribution in [0.1, 0.15) is 271 Å². The molecule has 0 spiro atoms. The number of phosphoric ester groups is 1. The molecule has 0 bridgehead atoms. The summed E-state index contributed by atoms with van der Waals surface area (Å²) in [5, 5.41) is 0. The minimum Gasteiger partial charge on any atom is -0.462 e. The van der Waals surface area contributed by atoms with Crippen LogP contribution in [0.2, 0.25) is 0 Å². The fraction of sp³-hybridized carbons (Fsp3) is 0.855. The topological polar surface area (TPSA) is 134 Å². The van der Waals surface area contributed by atoms with Crippen molar-refractivity contribution < 1.29 is 37.6 Å². The molecule has 0 amide bonds. The summed E-state index contributed by atoms with van der Waals surface area (Å²) in [6, 6.07) is 0. The number of rotatable bonds is 52. The fourth-order valence-electron chi connectivity index (χ4n) is 7.94. The molecule has 9 nitrogen and oxygen atoms in total. The Hall–Kier alpha value is -1.77. The van der Waals surface area contributed by atoms with E-state index in [1.54, 1.807) is 0 Å². The Labute approximate surface area is 401 Å². The predicted octanol–water partition coefficient (Wildman–Crippen LogP) is 16.8. The van der Waals surface area contributed by atoms with Gasteiger partial charge in [0.15, 0.2) is 6.10 Å².